The summed E-state index contributed by atoms with van der Waals surface area (Å²) in [5.41, 5.74) is 1.23. The van der Waals surface area contributed by atoms with E-state index in [2.05, 4.69) is 44.0 Å². The normalized spacial score (nSPS) is 11.6. The Kier molecular flexibility index (Phi) is 5.56. The molecule has 1 rings (SSSR count). The maximum Gasteiger partial charge on any atom is 0.118 e. The van der Waals surface area contributed by atoms with Crippen molar-refractivity contribution < 1.29 is 4.42 Å². The Labute approximate surface area is 98.8 Å². The summed E-state index contributed by atoms with van der Waals surface area (Å²) in [5.74, 6) is 1.06. The average molecular weight is 224 g/mol. The topological polar surface area (TPSA) is 28.4 Å². The highest BCUT2D eigenvalue weighted by Crippen LogP contribution is 2.10. The van der Waals surface area contributed by atoms with Gasteiger partial charge in [0.1, 0.15) is 5.76 Å². The molecule has 1 heterocycles. The van der Waals surface area contributed by atoms with Crippen molar-refractivity contribution in [2.45, 2.75) is 46.8 Å². The smallest absolute Gasteiger partial charge is 0.118 e. The Balaban J connectivity index is 2.44. The Morgan fingerprint density at radius 2 is 2.00 bits per heavy atom. The van der Waals surface area contributed by atoms with Gasteiger partial charge < -0.3 is 9.73 Å². The zero-order valence-electron chi connectivity index (χ0n) is 10.9. The Morgan fingerprint density at radius 1 is 1.31 bits per heavy atom. The molecule has 0 amide bonds. The van der Waals surface area contributed by atoms with Crippen LogP contribution in [0.3, 0.4) is 0 Å². The van der Waals surface area contributed by atoms with Crippen molar-refractivity contribution in [2.24, 2.45) is 0 Å². The maximum absolute atomic E-state index is 5.55. The van der Waals surface area contributed by atoms with Crippen molar-refractivity contribution >= 4 is 0 Å². The van der Waals surface area contributed by atoms with Crippen LogP contribution in [-0.4, -0.2) is 24.0 Å². The van der Waals surface area contributed by atoms with E-state index in [1.54, 1.807) is 0 Å². The van der Waals surface area contributed by atoms with Gasteiger partial charge >= 0.3 is 0 Å². The van der Waals surface area contributed by atoms with E-state index in [1.165, 1.54) is 5.56 Å². The predicted octanol–water partition coefficient (Wildman–Crippen LogP) is 2.62. The van der Waals surface area contributed by atoms with E-state index in [0.717, 1.165) is 31.9 Å². The molecule has 0 aliphatic rings. The second kappa shape index (κ2) is 6.71. The van der Waals surface area contributed by atoms with Crippen molar-refractivity contribution in [1.29, 1.82) is 0 Å². The number of hydrogen-bond donors (Lipinski definition) is 1. The first-order chi connectivity index (χ1) is 7.65. The molecule has 0 radical (unpaired) electrons. The van der Waals surface area contributed by atoms with Crippen molar-refractivity contribution in [2.75, 3.05) is 13.1 Å². The van der Waals surface area contributed by atoms with Gasteiger partial charge in [0.05, 0.1) is 12.8 Å². The summed E-state index contributed by atoms with van der Waals surface area (Å²) in [6.45, 7) is 12.6. The number of rotatable bonds is 7. The van der Waals surface area contributed by atoms with Gasteiger partial charge in [-0.15, -0.1) is 0 Å². The predicted molar refractivity (Wildman–Crippen MR) is 67.3 cm³/mol. The third-order valence-electron chi connectivity index (χ3n) is 2.70. The molecule has 0 saturated heterocycles. The van der Waals surface area contributed by atoms with Crippen LogP contribution < -0.4 is 5.32 Å². The van der Waals surface area contributed by atoms with Crippen LogP contribution >= 0.6 is 0 Å². The van der Waals surface area contributed by atoms with Gasteiger partial charge in [0.2, 0.25) is 0 Å². The van der Waals surface area contributed by atoms with E-state index in [0.29, 0.717) is 6.04 Å². The molecule has 0 atom stereocenters. The maximum atomic E-state index is 5.55. The average Bonchev–Trinajstić information content (AvgIpc) is 2.70. The molecule has 0 fully saturated rings. The number of furan rings is 1. The van der Waals surface area contributed by atoms with Crippen LogP contribution in [-0.2, 0) is 13.1 Å². The fraction of sp³-hybridized carbons (Fsp3) is 0.692. The second-order valence-corrected chi connectivity index (χ2v) is 4.42. The molecule has 3 heteroatoms. The minimum atomic E-state index is 0.515. The van der Waals surface area contributed by atoms with Gasteiger partial charge in [0, 0.05) is 18.2 Å². The van der Waals surface area contributed by atoms with Gasteiger partial charge in [-0.2, -0.15) is 0 Å². The van der Waals surface area contributed by atoms with E-state index < -0.39 is 0 Å². The van der Waals surface area contributed by atoms with Crippen molar-refractivity contribution in [3.63, 3.8) is 0 Å². The summed E-state index contributed by atoms with van der Waals surface area (Å²) < 4.78 is 5.55. The summed E-state index contributed by atoms with van der Waals surface area (Å²) in [6, 6.07) is 2.66. The molecule has 0 aliphatic carbocycles. The van der Waals surface area contributed by atoms with Gasteiger partial charge in [-0.05, 0) is 19.2 Å². The minimum absolute atomic E-state index is 0.515. The number of hydrogen-bond acceptors (Lipinski definition) is 3. The summed E-state index contributed by atoms with van der Waals surface area (Å²) in [6.07, 6.45) is 1.86. The quantitative estimate of drug-likeness (QED) is 0.771. The molecule has 1 N–H and O–H groups in total. The molecule has 0 spiro atoms. The number of nitrogens with zero attached hydrogens (tertiary/aromatic N) is 1. The van der Waals surface area contributed by atoms with Crippen LogP contribution in [0.25, 0.3) is 0 Å². The zero-order chi connectivity index (χ0) is 12.0. The van der Waals surface area contributed by atoms with Crippen molar-refractivity contribution in [3.8, 4) is 0 Å². The lowest BCUT2D eigenvalue weighted by atomic mass is 10.2. The van der Waals surface area contributed by atoms with Crippen molar-refractivity contribution in [3.05, 3.63) is 23.7 Å². The van der Waals surface area contributed by atoms with Gasteiger partial charge in [-0.25, -0.2) is 0 Å². The standard InChI is InChI=1S/C13H24N2O/c1-5-15(6-2)9-13-7-12(10-16-13)8-14-11(3)4/h7,10-11,14H,5-6,8-9H2,1-4H3. The fourth-order valence-electron chi connectivity index (χ4n) is 1.59. The first-order valence-electron chi connectivity index (χ1n) is 6.17. The highest BCUT2D eigenvalue weighted by Gasteiger charge is 2.06. The Hall–Kier alpha value is -0.800. The molecule has 3 nitrogen and oxygen atoms in total. The largest absolute Gasteiger partial charge is 0.468 e. The minimum Gasteiger partial charge on any atom is -0.468 e. The number of nitrogens with one attached hydrogen (secondary N) is 1. The molecule has 0 bridgehead atoms. The van der Waals surface area contributed by atoms with Gasteiger partial charge in [-0.3, -0.25) is 4.90 Å². The third-order valence-corrected chi connectivity index (χ3v) is 2.70. The van der Waals surface area contributed by atoms with Crippen LogP contribution in [0.5, 0.6) is 0 Å². The van der Waals surface area contributed by atoms with Crippen molar-refractivity contribution in [1.82, 2.24) is 10.2 Å². The SMILES string of the molecule is CCN(CC)Cc1cc(CNC(C)C)co1. The molecule has 16 heavy (non-hydrogen) atoms. The molecular formula is C13H24N2O. The molecule has 1 aromatic rings. The highest BCUT2D eigenvalue weighted by molar-refractivity contribution is 5.12. The first-order valence-corrected chi connectivity index (χ1v) is 6.17. The van der Waals surface area contributed by atoms with Gasteiger partial charge in [0.25, 0.3) is 0 Å². The summed E-state index contributed by atoms with van der Waals surface area (Å²) in [5, 5.41) is 3.38. The van der Waals surface area contributed by atoms with E-state index in [9.17, 15) is 0 Å². The van der Waals surface area contributed by atoms with Crippen LogP contribution in [0.2, 0.25) is 0 Å². The van der Waals surface area contributed by atoms with Crippen LogP contribution in [0.1, 0.15) is 39.0 Å². The third kappa shape index (κ3) is 4.37. The lowest BCUT2D eigenvalue weighted by Gasteiger charge is -2.15. The van der Waals surface area contributed by atoms with E-state index in [1.807, 2.05) is 6.26 Å². The van der Waals surface area contributed by atoms with E-state index in [4.69, 9.17) is 4.42 Å². The summed E-state index contributed by atoms with van der Waals surface area (Å²) in [7, 11) is 0. The van der Waals surface area contributed by atoms with Crippen LogP contribution in [0.15, 0.2) is 16.7 Å². The summed E-state index contributed by atoms with van der Waals surface area (Å²) in [4.78, 5) is 2.35. The van der Waals surface area contributed by atoms with Gasteiger partial charge in [0.15, 0.2) is 0 Å². The monoisotopic (exact) mass is 224 g/mol. The molecule has 0 aromatic carbocycles. The zero-order valence-corrected chi connectivity index (χ0v) is 10.9. The van der Waals surface area contributed by atoms with E-state index >= 15 is 0 Å². The lowest BCUT2D eigenvalue weighted by Crippen LogP contribution is -2.22. The molecular weight excluding hydrogens is 200 g/mol. The summed E-state index contributed by atoms with van der Waals surface area (Å²) >= 11 is 0. The van der Waals surface area contributed by atoms with Crippen LogP contribution in [0.4, 0.5) is 0 Å². The van der Waals surface area contributed by atoms with E-state index in [-0.39, 0.29) is 0 Å². The molecule has 0 aliphatic heterocycles. The molecule has 0 unspecified atom stereocenters. The van der Waals surface area contributed by atoms with Gasteiger partial charge in [-0.1, -0.05) is 27.7 Å². The fourth-order valence-corrected chi connectivity index (χ4v) is 1.59. The van der Waals surface area contributed by atoms with Crippen LogP contribution in [0, 0.1) is 0 Å². The Morgan fingerprint density at radius 3 is 2.56 bits per heavy atom. The molecule has 1 aromatic heterocycles. The molecule has 92 valence electrons. The second-order valence-electron chi connectivity index (χ2n) is 4.42. The first kappa shape index (κ1) is 13.3. The Bertz CT molecular complexity index is 290. The highest BCUT2D eigenvalue weighted by atomic mass is 16.3. The molecule has 0 saturated carbocycles. The lowest BCUT2D eigenvalue weighted by molar-refractivity contribution is 0.269.